The van der Waals surface area contributed by atoms with Gasteiger partial charge in [-0.05, 0) is 67.6 Å². The van der Waals surface area contributed by atoms with E-state index in [-0.39, 0.29) is 41.8 Å². The Morgan fingerprint density at radius 1 is 0.978 bits per heavy atom. The van der Waals surface area contributed by atoms with Crippen LogP contribution in [0.25, 0.3) is 5.69 Å². The highest BCUT2D eigenvalue weighted by Gasteiger charge is 2.26. The first-order valence-electron chi connectivity index (χ1n) is 14.5. The van der Waals surface area contributed by atoms with Gasteiger partial charge in [-0.3, -0.25) is 14.2 Å². The molecule has 1 aliphatic rings. The lowest BCUT2D eigenvalue weighted by Crippen LogP contribution is -2.40. The van der Waals surface area contributed by atoms with Crippen LogP contribution in [0.1, 0.15) is 23.1 Å². The predicted octanol–water partition coefficient (Wildman–Crippen LogP) is 3.36. The van der Waals surface area contributed by atoms with E-state index in [4.69, 9.17) is 14.2 Å². The molecule has 5 rings (SSSR count). The molecule has 15 heteroatoms. The number of rotatable bonds is 13. The van der Waals surface area contributed by atoms with Crippen molar-refractivity contribution in [3.8, 4) is 17.2 Å². The number of methoxy groups -OCH3 is 1. The summed E-state index contributed by atoms with van der Waals surface area (Å²) in [6.45, 7) is 3.70. The zero-order valence-corrected chi connectivity index (χ0v) is 27.0. The third-order valence-electron chi connectivity index (χ3n) is 6.94. The van der Waals surface area contributed by atoms with E-state index in [9.17, 15) is 18.0 Å². The van der Waals surface area contributed by atoms with Crippen molar-refractivity contribution < 1.29 is 32.2 Å². The van der Waals surface area contributed by atoms with Crippen LogP contribution in [0.5, 0.6) is 11.5 Å². The number of nitrogens with one attached hydrogen (secondary N) is 2. The van der Waals surface area contributed by atoms with E-state index in [1.807, 2.05) is 25.1 Å². The van der Waals surface area contributed by atoms with Crippen molar-refractivity contribution in [2.24, 2.45) is 0 Å². The predicted molar refractivity (Wildman–Crippen MR) is 172 cm³/mol. The van der Waals surface area contributed by atoms with Gasteiger partial charge in [-0.1, -0.05) is 23.9 Å². The summed E-state index contributed by atoms with van der Waals surface area (Å²) in [4.78, 5) is 25.9. The highest BCUT2D eigenvalue weighted by molar-refractivity contribution is 7.99. The summed E-state index contributed by atoms with van der Waals surface area (Å²) >= 11 is 1.18. The third kappa shape index (κ3) is 7.85. The van der Waals surface area contributed by atoms with Crippen LogP contribution in [0.15, 0.2) is 82.8 Å². The fourth-order valence-electron chi connectivity index (χ4n) is 4.67. The van der Waals surface area contributed by atoms with E-state index in [0.717, 1.165) is 0 Å². The van der Waals surface area contributed by atoms with Crippen LogP contribution in [0.4, 0.5) is 5.69 Å². The van der Waals surface area contributed by atoms with Gasteiger partial charge in [0.15, 0.2) is 11.0 Å². The first-order chi connectivity index (χ1) is 22.3. The minimum absolute atomic E-state index is 0.00333. The van der Waals surface area contributed by atoms with Crippen molar-refractivity contribution >= 4 is 39.3 Å². The quantitative estimate of drug-likeness (QED) is 0.203. The van der Waals surface area contributed by atoms with E-state index in [1.54, 1.807) is 42.0 Å². The molecule has 0 bridgehead atoms. The fraction of sp³-hybridized carbons (Fsp3) is 0.290. The Balaban J connectivity index is 1.28. The van der Waals surface area contributed by atoms with Gasteiger partial charge in [-0.15, -0.1) is 10.2 Å². The van der Waals surface area contributed by atoms with Crippen LogP contribution in [0.3, 0.4) is 0 Å². The first-order valence-corrected chi connectivity index (χ1v) is 16.9. The van der Waals surface area contributed by atoms with E-state index in [2.05, 4.69) is 20.8 Å². The number of sulfonamides is 1. The molecule has 1 fully saturated rings. The van der Waals surface area contributed by atoms with Crippen LogP contribution >= 0.6 is 11.8 Å². The van der Waals surface area contributed by atoms with Crippen LogP contribution in [0, 0.1) is 0 Å². The molecular formula is C31H34N6O7S2. The summed E-state index contributed by atoms with van der Waals surface area (Å²) in [7, 11) is -2.13. The SMILES string of the molecule is CCOc1ccc(NC(=O)CSc2nnc(CNC(=O)c3ccc(S(=O)(=O)N4CCOCC4)cc3)n2-c2ccccc2OC)cc1. The van der Waals surface area contributed by atoms with Crippen LogP contribution in [-0.2, 0) is 26.1 Å². The normalized spacial score (nSPS) is 13.6. The second-order valence-electron chi connectivity index (χ2n) is 9.92. The largest absolute Gasteiger partial charge is 0.495 e. The lowest BCUT2D eigenvalue weighted by Gasteiger charge is -2.26. The molecule has 0 unspecified atom stereocenters. The van der Waals surface area contributed by atoms with Gasteiger partial charge in [0.1, 0.15) is 11.5 Å². The second kappa shape index (κ2) is 15.2. The van der Waals surface area contributed by atoms with E-state index in [1.165, 1.54) is 40.3 Å². The number of nitrogens with zero attached hydrogens (tertiary/aromatic N) is 4. The van der Waals surface area contributed by atoms with Gasteiger partial charge in [0.25, 0.3) is 5.91 Å². The number of anilines is 1. The van der Waals surface area contributed by atoms with Crippen molar-refractivity contribution in [1.82, 2.24) is 24.4 Å². The van der Waals surface area contributed by atoms with Crippen LogP contribution < -0.4 is 20.1 Å². The van der Waals surface area contributed by atoms with Crippen molar-refractivity contribution in [3.63, 3.8) is 0 Å². The Hall–Kier alpha value is -4.44. The van der Waals surface area contributed by atoms with E-state index < -0.39 is 15.9 Å². The number of carbonyl (C=O) groups is 2. The maximum absolute atomic E-state index is 13.1. The molecule has 2 heterocycles. The van der Waals surface area contributed by atoms with Gasteiger partial charge in [-0.2, -0.15) is 4.31 Å². The molecule has 1 aliphatic heterocycles. The van der Waals surface area contributed by atoms with Crippen molar-refractivity contribution in [2.45, 2.75) is 23.5 Å². The topological polar surface area (TPSA) is 154 Å². The van der Waals surface area contributed by atoms with Gasteiger partial charge in [-0.25, -0.2) is 8.42 Å². The standard InChI is InChI=1S/C31H34N6O7S2/c1-3-44-24-12-10-23(11-13-24)33-29(38)21-45-31-35-34-28(37(31)26-6-4-5-7-27(26)42-2)20-32-30(39)22-8-14-25(15-9-22)46(40,41)36-16-18-43-19-17-36/h4-15H,3,16-21H2,1-2H3,(H,32,39)(H,33,38). The molecule has 1 aromatic heterocycles. The minimum atomic E-state index is -3.68. The van der Waals surface area contributed by atoms with Gasteiger partial charge in [0.2, 0.25) is 15.9 Å². The highest BCUT2D eigenvalue weighted by Crippen LogP contribution is 2.29. The summed E-state index contributed by atoms with van der Waals surface area (Å²) in [5, 5.41) is 14.7. The number of hydrogen-bond acceptors (Lipinski definition) is 10. The summed E-state index contributed by atoms with van der Waals surface area (Å²) in [6.07, 6.45) is 0. The molecule has 4 aromatic rings. The van der Waals surface area contributed by atoms with Crippen LogP contribution in [0.2, 0.25) is 0 Å². The molecule has 0 spiro atoms. The van der Waals surface area contributed by atoms with Gasteiger partial charge in [0.05, 0.1) is 49.8 Å². The lowest BCUT2D eigenvalue weighted by molar-refractivity contribution is -0.113. The number of morpholine rings is 1. The molecule has 46 heavy (non-hydrogen) atoms. The molecule has 0 saturated carbocycles. The maximum atomic E-state index is 13.1. The number of amides is 2. The van der Waals surface area contributed by atoms with Crippen molar-refractivity contribution in [2.75, 3.05) is 51.1 Å². The average Bonchev–Trinajstić information content (AvgIpc) is 3.50. The zero-order valence-electron chi connectivity index (χ0n) is 25.3. The molecule has 2 amide bonds. The number of ether oxygens (including phenoxy) is 3. The Morgan fingerprint density at radius 3 is 2.39 bits per heavy atom. The maximum Gasteiger partial charge on any atom is 0.251 e. The van der Waals surface area contributed by atoms with Gasteiger partial charge in [0, 0.05) is 24.3 Å². The molecule has 2 N–H and O–H groups in total. The Labute approximate surface area is 271 Å². The van der Waals surface area contributed by atoms with Gasteiger partial charge < -0.3 is 24.8 Å². The molecule has 3 aromatic carbocycles. The molecule has 242 valence electrons. The molecule has 1 saturated heterocycles. The number of aromatic nitrogens is 3. The van der Waals surface area contributed by atoms with E-state index >= 15 is 0 Å². The lowest BCUT2D eigenvalue weighted by atomic mass is 10.2. The van der Waals surface area contributed by atoms with Crippen LogP contribution in [-0.4, -0.2) is 85.1 Å². The highest BCUT2D eigenvalue weighted by atomic mass is 32.2. The number of thioether (sulfide) groups is 1. The molecule has 13 nitrogen and oxygen atoms in total. The average molecular weight is 667 g/mol. The molecular weight excluding hydrogens is 633 g/mol. The first kappa shape index (κ1) is 32.9. The summed E-state index contributed by atoms with van der Waals surface area (Å²) in [5.74, 6) is 1.05. The summed E-state index contributed by atoms with van der Waals surface area (Å²) < 4.78 is 45.2. The molecule has 0 radical (unpaired) electrons. The third-order valence-corrected chi connectivity index (χ3v) is 9.78. The second-order valence-corrected chi connectivity index (χ2v) is 12.8. The summed E-state index contributed by atoms with van der Waals surface area (Å²) in [5.41, 5.74) is 1.55. The number of carbonyl (C=O) groups excluding carboxylic acids is 2. The Kier molecular flexibility index (Phi) is 10.9. The van der Waals surface area contributed by atoms with Crippen molar-refractivity contribution in [1.29, 1.82) is 0 Å². The smallest absolute Gasteiger partial charge is 0.251 e. The molecule has 0 atom stereocenters. The fourth-order valence-corrected chi connectivity index (χ4v) is 6.84. The zero-order chi connectivity index (χ0) is 32.5. The number of para-hydroxylation sites is 2. The van der Waals surface area contributed by atoms with Gasteiger partial charge >= 0.3 is 0 Å². The van der Waals surface area contributed by atoms with E-state index in [0.29, 0.717) is 53.7 Å². The van der Waals surface area contributed by atoms with Crippen molar-refractivity contribution in [3.05, 3.63) is 84.2 Å². The minimum Gasteiger partial charge on any atom is -0.495 e. The molecule has 0 aliphatic carbocycles. The monoisotopic (exact) mass is 666 g/mol. The number of hydrogen-bond donors (Lipinski definition) is 2. The summed E-state index contributed by atoms with van der Waals surface area (Å²) in [6, 6.07) is 20.2. The Morgan fingerprint density at radius 2 is 1.70 bits per heavy atom. The number of benzene rings is 3. The Bertz CT molecular complexity index is 1760.